The average molecular weight is 343 g/mol. The van der Waals surface area contributed by atoms with Gasteiger partial charge in [0, 0.05) is 22.8 Å². The van der Waals surface area contributed by atoms with Crippen molar-refractivity contribution in [2.45, 2.75) is 30.9 Å². The number of carboxylic acid groups (broad SMARTS) is 1. The first-order chi connectivity index (χ1) is 11.5. The van der Waals surface area contributed by atoms with Gasteiger partial charge in [-0.15, -0.1) is 11.8 Å². The van der Waals surface area contributed by atoms with Crippen molar-refractivity contribution in [2.75, 3.05) is 6.54 Å². The number of rotatable bonds is 7. The molecular weight excluding hydrogens is 322 g/mol. The largest absolute Gasteiger partial charge is 0.481 e. The molecule has 0 saturated carbocycles. The first-order valence-electron chi connectivity index (χ1n) is 7.74. The van der Waals surface area contributed by atoms with Gasteiger partial charge in [-0.2, -0.15) is 0 Å². The van der Waals surface area contributed by atoms with E-state index in [2.05, 4.69) is 37.4 Å². The molecular formula is C19H21NO3S. The number of amides is 1. The van der Waals surface area contributed by atoms with Gasteiger partial charge in [0.2, 0.25) is 0 Å². The number of carbonyl (C=O) groups excluding carboxylic acids is 1. The molecule has 2 aromatic rings. The Hall–Kier alpha value is -2.27. The lowest BCUT2D eigenvalue weighted by molar-refractivity contribution is -0.136. The normalized spacial score (nSPS) is 10.4. The molecule has 0 heterocycles. The predicted octanol–water partition coefficient (Wildman–Crippen LogP) is 3.80. The molecule has 2 aromatic carbocycles. The molecule has 2 N–H and O–H groups in total. The number of carbonyl (C=O) groups is 2. The van der Waals surface area contributed by atoms with E-state index in [-0.39, 0.29) is 18.9 Å². The molecule has 0 aromatic heterocycles. The molecule has 0 radical (unpaired) electrons. The monoisotopic (exact) mass is 343 g/mol. The fourth-order valence-electron chi connectivity index (χ4n) is 2.21. The van der Waals surface area contributed by atoms with Gasteiger partial charge >= 0.3 is 5.97 Å². The Labute approximate surface area is 146 Å². The summed E-state index contributed by atoms with van der Waals surface area (Å²) in [4.78, 5) is 23.8. The molecule has 0 atom stereocenters. The Morgan fingerprint density at radius 1 is 1.12 bits per heavy atom. The highest BCUT2D eigenvalue weighted by molar-refractivity contribution is 7.98. The molecule has 126 valence electrons. The van der Waals surface area contributed by atoms with Crippen LogP contribution >= 0.6 is 11.8 Å². The number of carboxylic acids is 1. The van der Waals surface area contributed by atoms with Gasteiger partial charge < -0.3 is 10.4 Å². The molecule has 0 aliphatic heterocycles. The fourth-order valence-corrected chi connectivity index (χ4v) is 3.28. The van der Waals surface area contributed by atoms with Crippen LogP contribution in [-0.2, 0) is 10.5 Å². The van der Waals surface area contributed by atoms with Gasteiger partial charge in [-0.3, -0.25) is 9.59 Å². The van der Waals surface area contributed by atoms with Crippen molar-refractivity contribution in [3.05, 3.63) is 64.7 Å². The van der Waals surface area contributed by atoms with E-state index in [1.807, 2.05) is 18.2 Å². The van der Waals surface area contributed by atoms with Gasteiger partial charge in [0.05, 0.1) is 6.42 Å². The summed E-state index contributed by atoms with van der Waals surface area (Å²) in [5.41, 5.74) is 4.09. The van der Waals surface area contributed by atoms with Crippen molar-refractivity contribution in [1.29, 1.82) is 0 Å². The Morgan fingerprint density at radius 2 is 1.92 bits per heavy atom. The van der Waals surface area contributed by atoms with Crippen LogP contribution in [0.25, 0.3) is 0 Å². The number of nitrogens with one attached hydrogen (secondary N) is 1. The van der Waals surface area contributed by atoms with E-state index >= 15 is 0 Å². The van der Waals surface area contributed by atoms with Crippen LogP contribution in [0.5, 0.6) is 0 Å². The molecule has 0 unspecified atom stereocenters. The fraction of sp³-hybridized carbons (Fsp3) is 0.263. The molecule has 1 amide bonds. The van der Waals surface area contributed by atoms with Crippen LogP contribution in [0.3, 0.4) is 0 Å². The van der Waals surface area contributed by atoms with E-state index in [0.29, 0.717) is 5.56 Å². The molecule has 0 saturated heterocycles. The summed E-state index contributed by atoms with van der Waals surface area (Å²) in [6.07, 6.45) is -0.0755. The lowest BCUT2D eigenvalue weighted by Gasteiger charge is -2.08. The van der Waals surface area contributed by atoms with Crippen LogP contribution in [0.1, 0.15) is 33.5 Å². The summed E-state index contributed by atoms with van der Waals surface area (Å²) in [5, 5.41) is 11.2. The minimum absolute atomic E-state index is 0.0755. The SMILES string of the molecule is Cc1ccc(C)c(SCc2cccc(C(=O)NCCC(=O)O)c2)c1. The first kappa shape index (κ1) is 18.1. The van der Waals surface area contributed by atoms with Crippen molar-refractivity contribution in [1.82, 2.24) is 5.32 Å². The third kappa shape index (κ3) is 5.42. The number of benzene rings is 2. The zero-order valence-electron chi connectivity index (χ0n) is 13.8. The molecule has 5 heteroatoms. The number of hydrogen-bond donors (Lipinski definition) is 2. The van der Waals surface area contributed by atoms with Gasteiger partial charge in [0.25, 0.3) is 5.91 Å². The van der Waals surface area contributed by atoms with E-state index < -0.39 is 5.97 Å². The highest BCUT2D eigenvalue weighted by Gasteiger charge is 2.07. The lowest BCUT2D eigenvalue weighted by atomic mass is 10.1. The second kappa shape index (κ2) is 8.55. The second-order valence-corrected chi connectivity index (χ2v) is 6.67. The Bertz CT molecular complexity index is 743. The zero-order valence-corrected chi connectivity index (χ0v) is 14.7. The third-order valence-electron chi connectivity index (χ3n) is 3.55. The molecule has 0 aliphatic carbocycles. The Balaban J connectivity index is 1.98. The van der Waals surface area contributed by atoms with Crippen molar-refractivity contribution in [2.24, 2.45) is 0 Å². The molecule has 0 bridgehead atoms. The van der Waals surface area contributed by atoms with Crippen LogP contribution in [0.2, 0.25) is 0 Å². The minimum atomic E-state index is -0.922. The van der Waals surface area contributed by atoms with Crippen LogP contribution in [0.15, 0.2) is 47.4 Å². The molecule has 0 spiro atoms. The van der Waals surface area contributed by atoms with Gasteiger partial charge in [-0.25, -0.2) is 0 Å². The lowest BCUT2D eigenvalue weighted by Crippen LogP contribution is -2.26. The summed E-state index contributed by atoms with van der Waals surface area (Å²) < 4.78 is 0. The minimum Gasteiger partial charge on any atom is -0.481 e. The number of aliphatic carboxylic acids is 1. The maximum absolute atomic E-state index is 12.0. The van der Waals surface area contributed by atoms with E-state index in [1.165, 1.54) is 16.0 Å². The maximum atomic E-state index is 12.0. The highest BCUT2D eigenvalue weighted by atomic mass is 32.2. The summed E-state index contributed by atoms with van der Waals surface area (Å²) in [5.74, 6) is -0.385. The Morgan fingerprint density at radius 3 is 2.67 bits per heavy atom. The number of aryl methyl sites for hydroxylation is 2. The van der Waals surface area contributed by atoms with E-state index in [4.69, 9.17) is 5.11 Å². The van der Waals surface area contributed by atoms with Gasteiger partial charge in [0.1, 0.15) is 0 Å². The number of hydrogen-bond acceptors (Lipinski definition) is 3. The van der Waals surface area contributed by atoms with Gasteiger partial charge in [-0.1, -0.05) is 29.8 Å². The molecule has 0 fully saturated rings. The average Bonchev–Trinajstić information content (AvgIpc) is 2.55. The quantitative estimate of drug-likeness (QED) is 0.751. The maximum Gasteiger partial charge on any atom is 0.305 e. The predicted molar refractivity (Wildman–Crippen MR) is 96.5 cm³/mol. The molecule has 0 aliphatic rings. The van der Waals surface area contributed by atoms with Crippen LogP contribution in [-0.4, -0.2) is 23.5 Å². The van der Waals surface area contributed by atoms with Gasteiger partial charge in [-0.05, 0) is 43.2 Å². The number of thioether (sulfide) groups is 1. The van der Waals surface area contributed by atoms with Crippen molar-refractivity contribution in [3.8, 4) is 0 Å². The highest BCUT2D eigenvalue weighted by Crippen LogP contribution is 2.27. The Kier molecular flexibility index (Phi) is 6.44. The van der Waals surface area contributed by atoms with Crippen molar-refractivity contribution in [3.63, 3.8) is 0 Å². The topological polar surface area (TPSA) is 66.4 Å². The first-order valence-corrected chi connectivity index (χ1v) is 8.73. The van der Waals surface area contributed by atoms with Crippen LogP contribution < -0.4 is 5.32 Å². The summed E-state index contributed by atoms with van der Waals surface area (Å²) in [6, 6.07) is 13.8. The van der Waals surface area contributed by atoms with Crippen LogP contribution in [0, 0.1) is 13.8 Å². The summed E-state index contributed by atoms with van der Waals surface area (Å²) in [6.45, 7) is 4.30. The van der Waals surface area contributed by atoms with Gasteiger partial charge in [0.15, 0.2) is 0 Å². The standard InChI is InChI=1S/C19H21NO3S/c1-13-6-7-14(2)17(10-13)24-12-15-4-3-5-16(11-15)19(23)20-9-8-18(21)22/h3-7,10-11H,8-9,12H2,1-2H3,(H,20,23)(H,21,22). The summed E-state index contributed by atoms with van der Waals surface area (Å²) in [7, 11) is 0. The third-order valence-corrected chi connectivity index (χ3v) is 4.78. The van der Waals surface area contributed by atoms with E-state index in [1.54, 1.807) is 17.8 Å². The summed E-state index contributed by atoms with van der Waals surface area (Å²) >= 11 is 1.75. The molecule has 24 heavy (non-hydrogen) atoms. The van der Waals surface area contributed by atoms with Crippen molar-refractivity contribution < 1.29 is 14.7 Å². The smallest absolute Gasteiger partial charge is 0.305 e. The second-order valence-electron chi connectivity index (χ2n) is 5.66. The molecule has 2 rings (SSSR count). The van der Waals surface area contributed by atoms with E-state index in [0.717, 1.165) is 11.3 Å². The zero-order chi connectivity index (χ0) is 17.5. The molecule has 4 nitrogen and oxygen atoms in total. The van der Waals surface area contributed by atoms with E-state index in [9.17, 15) is 9.59 Å². The van der Waals surface area contributed by atoms with Crippen LogP contribution in [0.4, 0.5) is 0 Å². The van der Waals surface area contributed by atoms with Crippen molar-refractivity contribution >= 4 is 23.6 Å².